The molecule has 3 rings (SSSR count). The minimum Gasteiger partial charge on any atom is -0.497 e. The number of hydrogen-bond donors (Lipinski definition) is 0. The fraction of sp³-hybridized carbons (Fsp3) is 0.632. The van der Waals surface area contributed by atoms with Crippen molar-refractivity contribution in [2.45, 2.75) is 6.92 Å². The van der Waals surface area contributed by atoms with E-state index in [2.05, 4.69) is 11.8 Å². The second-order valence-electron chi connectivity index (χ2n) is 6.81. The van der Waals surface area contributed by atoms with Crippen molar-refractivity contribution < 1.29 is 19.0 Å². The standard InChI is InChI=1S/C19H28N2O4/c1-15-13-20(6-11-25-17-5-3-4-16(12-17)23-2)14-18(15)19(22)21-7-9-24-10-8-21/h3-5,12,15,18H,6-11,13-14H2,1-2H3/t15-,18-/m1/s1. The molecule has 6 heteroatoms. The van der Waals surface area contributed by atoms with E-state index in [1.807, 2.05) is 29.2 Å². The van der Waals surface area contributed by atoms with E-state index in [-0.39, 0.29) is 11.8 Å². The highest BCUT2D eigenvalue weighted by atomic mass is 16.5. The predicted octanol–water partition coefficient (Wildman–Crippen LogP) is 1.50. The Morgan fingerprint density at radius 2 is 2.00 bits per heavy atom. The molecule has 25 heavy (non-hydrogen) atoms. The van der Waals surface area contributed by atoms with Gasteiger partial charge in [0.15, 0.2) is 0 Å². The van der Waals surface area contributed by atoms with Crippen molar-refractivity contribution in [1.29, 1.82) is 0 Å². The summed E-state index contributed by atoms with van der Waals surface area (Å²) >= 11 is 0. The predicted molar refractivity (Wildman–Crippen MR) is 95.0 cm³/mol. The van der Waals surface area contributed by atoms with Gasteiger partial charge in [0, 0.05) is 38.8 Å². The molecule has 1 aromatic rings. The number of rotatable bonds is 6. The number of carbonyl (C=O) groups excluding carboxylic acids is 1. The number of amides is 1. The molecule has 2 saturated heterocycles. The third-order valence-electron chi connectivity index (χ3n) is 5.05. The first-order valence-electron chi connectivity index (χ1n) is 9.03. The Bertz CT molecular complexity index is 574. The van der Waals surface area contributed by atoms with E-state index in [1.54, 1.807) is 7.11 Å². The van der Waals surface area contributed by atoms with E-state index in [9.17, 15) is 4.79 Å². The first-order valence-corrected chi connectivity index (χ1v) is 9.03. The number of benzene rings is 1. The minimum absolute atomic E-state index is 0.0925. The molecular formula is C19H28N2O4. The summed E-state index contributed by atoms with van der Waals surface area (Å²) in [6, 6.07) is 7.64. The maximum atomic E-state index is 12.7. The van der Waals surface area contributed by atoms with Crippen LogP contribution < -0.4 is 9.47 Å². The molecule has 2 heterocycles. The summed E-state index contributed by atoms with van der Waals surface area (Å²) in [4.78, 5) is 17.0. The highest BCUT2D eigenvalue weighted by Gasteiger charge is 2.37. The van der Waals surface area contributed by atoms with Gasteiger partial charge in [-0.1, -0.05) is 13.0 Å². The van der Waals surface area contributed by atoms with Gasteiger partial charge >= 0.3 is 0 Å². The summed E-state index contributed by atoms with van der Waals surface area (Å²) in [6.07, 6.45) is 0. The third-order valence-corrected chi connectivity index (χ3v) is 5.05. The van der Waals surface area contributed by atoms with Crippen molar-refractivity contribution in [3.8, 4) is 11.5 Å². The average molecular weight is 348 g/mol. The molecule has 0 spiro atoms. The lowest BCUT2D eigenvalue weighted by atomic mass is 9.96. The molecule has 0 bridgehead atoms. The topological polar surface area (TPSA) is 51.2 Å². The van der Waals surface area contributed by atoms with Crippen LogP contribution in [0.1, 0.15) is 6.92 Å². The second kappa shape index (κ2) is 8.54. The van der Waals surface area contributed by atoms with E-state index in [1.165, 1.54) is 0 Å². The summed E-state index contributed by atoms with van der Waals surface area (Å²) in [5.41, 5.74) is 0. The zero-order valence-corrected chi connectivity index (χ0v) is 15.1. The second-order valence-corrected chi connectivity index (χ2v) is 6.81. The highest BCUT2D eigenvalue weighted by molar-refractivity contribution is 5.79. The fourth-order valence-electron chi connectivity index (χ4n) is 3.57. The summed E-state index contributed by atoms with van der Waals surface area (Å²) in [7, 11) is 1.65. The van der Waals surface area contributed by atoms with Crippen LogP contribution in [0.5, 0.6) is 11.5 Å². The van der Waals surface area contributed by atoms with Gasteiger partial charge in [0.2, 0.25) is 5.91 Å². The summed E-state index contributed by atoms with van der Waals surface area (Å²) in [6.45, 7) is 8.14. The van der Waals surface area contributed by atoms with Crippen LogP contribution in [0.15, 0.2) is 24.3 Å². The summed E-state index contributed by atoms with van der Waals surface area (Å²) < 4.78 is 16.4. The van der Waals surface area contributed by atoms with Crippen molar-refractivity contribution in [3.05, 3.63) is 24.3 Å². The van der Waals surface area contributed by atoms with Crippen LogP contribution in [0.25, 0.3) is 0 Å². The molecule has 0 radical (unpaired) electrons. The number of morpholine rings is 1. The van der Waals surface area contributed by atoms with Crippen LogP contribution >= 0.6 is 0 Å². The van der Waals surface area contributed by atoms with E-state index >= 15 is 0 Å². The normalized spacial score (nSPS) is 24.3. The Morgan fingerprint density at radius 3 is 2.76 bits per heavy atom. The molecule has 138 valence electrons. The quantitative estimate of drug-likeness (QED) is 0.780. The molecule has 0 aliphatic carbocycles. The van der Waals surface area contributed by atoms with Gasteiger partial charge in [-0.25, -0.2) is 0 Å². The van der Waals surface area contributed by atoms with Gasteiger partial charge in [0.05, 0.1) is 26.2 Å². The minimum atomic E-state index is 0.0925. The van der Waals surface area contributed by atoms with E-state index in [0.29, 0.717) is 25.7 Å². The van der Waals surface area contributed by atoms with Crippen molar-refractivity contribution in [3.63, 3.8) is 0 Å². The zero-order chi connectivity index (χ0) is 17.6. The molecule has 0 N–H and O–H groups in total. The van der Waals surface area contributed by atoms with Crippen LogP contribution in [-0.2, 0) is 9.53 Å². The number of likely N-dealkylation sites (tertiary alicyclic amines) is 1. The van der Waals surface area contributed by atoms with E-state index < -0.39 is 0 Å². The first kappa shape index (κ1) is 18.0. The molecule has 1 aromatic carbocycles. The van der Waals surface area contributed by atoms with Crippen LogP contribution in [-0.4, -0.2) is 75.4 Å². The van der Waals surface area contributed by atoms with Gasteiger partial charge in [0.1, 0.15) is 18.1 Å². The van der Waals surface area contributed by atoms with Crippen molar-refractivity contribution in [1.82, 2.24) is 9.80 Å². The van der Waals surface area contributed by atoms with Gasteiger partial charge in [-0.3, -0.25) is 9.69 Å². The van der Waals surface area contributed by atoms with E-state index in [4.69, 9.17) is 14.2 Å². The maximum absolute atomic E-state index is 12.7. The number of methoxy groups -OCH3 is 1. The van der Waals surface area contributed by atoms with Crippen LogP contribution in [0.3, 0.4) is 0 Å². The lowest BCUT2D eigenvalue weighted by Gasteiger charge is -2.30. The average Bonchev–Trinajstić information content (AvgIpc) is 3.02. The summed E-state index contributed by atoms with van der Waals surface area (Å²) in [5.74, 6) is 2.37. The number of carbonyl (C=O) groups is 1. The van der Waals surface area contributed by atoms with Gasteiger partial charge < -0.3 is 19.1 Å². The maximum Gasteiger partial charge on any atom is 0.227 e. The van der Waals surface area contributed by atoms with Crippen molar-refractivity contribution in [2.75, 3.05) is 59.7 Å². The molecule has 0 aromatic heterocycles. The van der Waals surface area contributed by atoms with Gasteiger partial charge in [-0.2, -0.15) is 0 Å². The molecule has 1 amide bonds. The number of ether oxygens (including phenoxy) is 3. The third kappa shape index (κ3) is 4.64. The highest BCUT2D eigenvalue weighted by Crippen LogP contribution is 2.25. The molecule has 6 nitrogen and oxygen atoms in total. The Labute approximate surface area is 149 Å². The monoisotopic (exact) mass is 348 g/mol. The SMILES string of the molecule is COc1cccc(OCCN2C[C@@H](C)[C@H](C(=O)N3CCOCC3)C2)c1. The van der Waals surface area contributed by atoms with Crippen LogP contribution in [0.4, 0.5) is 0 Å². The Balaban J connectivity index is 1.45. The van der Waals surface area contributed by atoms with E-state index in [0.717, 1.165) is 44.2 Å². The molecule has 0 unspecified atom stereocenters. The smallest absolute Gasteiger partial charge is 0.227 e. The molecule has 2 fully saturated rings. The summed E-state index contributed by atoms with van der Waals surface area (Å²) in [5, 5.41) is 0. The molecule has 2 atom stereocenters. The molecule has 2 aliphatic heterocycles. The largest absolute Gasteiger partial charge is 0.497 e. The van der Waals surface area contributed by atoms with Gasteiger partial charge in [-0.15, -0.1) is 0 Å². The van der Waals surface area contributed by atoms with Gasteiger partial charge in [0.25, 0.3) is 0 Å². The lowest BCUT2D eigenvalue weighted by Crippen LogP contribution is -2.45. The molecule has 2 aliphatic rings. The Morgan fingerprint density at radius 1 is 1.24 bits per heavy atom. The van der Waals surface area contributed by atoms with Crippen LogP contribution in [0.2, 0.25) is 0 Å². The number of nitrogens with zero attached hydrogens (tertiary/aromatic N) is 2. The fourth-order valence-corrected chi connectivity index (χ4v) is 3.57. The van der Waals surface area contributed by atoms with Crippen molar-refractivity contribution >= 4 is 5.91 Å². The van der Waals surface area contributed by atoms with Gasteiger partial charge in [-0.05, 0) is 18.1 Å². The number of hydrogen-bond acceptors (Lipinski definition) is 5. The lowest BCUT2D eigenvalue weighted by molar-refractivity contribution is -0.140. The molecular weight excluding hydrogens is 320 g/mol. The first-order chi connectivity index (χ1) is 12.2. The molecule has 0 saturated carbocycles. The Kier molecular flexibility index (Phi) is 6.15. The Hall–Kier alpha value is -1.79. The van der Waals surface area contributed by atoms with Crippen LogP contribution in [0, 0.1) is 11.8 Å². The van der Waals surface area contributed by atoms with Crippen molar-refractivity contribution in [2.24, 2.45) is 11.8 Å². The zero-order valence-electron chi connectivity index (χ0n) is 15.1.